The van der Waals surface area contributed by atoms with Gasteiger partial charge in [-0.05, 0) is 67.6 Å². The topological polar surface area (TPSA) is 125 Å². The Labute approximate surface area is 227 Å². The van der Waals surface area contributed by atoms with Gasteiger partial charge in [0, 0.05) is 30.3 Å². The van der Waals surface area contributed by atoms with Crippen LogP contribution in [0.5, 0.6) is 11.5 Å². The number of anilines is 2. The van der Waals surface area contributed by atoms with E-state index < -0.39 is 18.0 Å². The fraction of sp³-hybridized carbons (Fsp3) is 0.300. The van der Waals surface area contributed by atoms with Crippen molar-refractivity contribution in [1.82, 2.24) is 0 Å². The molecule has 39 heavy (non-hydrogen) atoms. The minimum atomic E-state index is -1.11. The highest BCUT2D eigenvalue weighted by Gasteiger charge is 2.30. The molecule has 0 bridgehead atoms. The zero-order chi connectivity index (χ0) is 27.6. The summed E-state index contributed by atoms with van der Waals surface area (Å²) in [7, 11) is 0. The van der Waals surface area contributed by atoms with Crippen molar-refractivity contribution >= 4 is 29.2 Å². The minimum Gasteiger partial charge on any atom is -0.494 e. The molecule has 3 aromatic rings. The number of fused-ring (bicyclic) bond motifs is 1. The molecular weight excluding hydrogens is 500 g/mol. The van der Waals surface area contributed by atoms with Crippen LogP contribution in [0.15, 0.2) is 72.8 Å². The molecule has 3 N–H and O–H groups in total. The maximum absolute atomic E-state index is 12.8. The van der Waals surface area contributed by atoms with Crippen molar-refractivity contribution in [2.45, 2.75) is 38.2 Å². The van der Waals surface area contributed by atoms with Gasteiger partial charge in [-0.1, -0.05) is 30.3 Å². The van der Waals surface area contributed by atoms with Gasteiger partial charge in [0.15, 0.2) is 0 Å². The molecule has 1 atom stereocenters. The van der Waals surface area contributed by atoms with Crippen molar-refractivity contribution in [2.75, 3.05) is 29.9 Å². The van der Waals surface area contributed by atoms with Gasteiger partial charge in [-0.2, -0.15) is 0 Å². The summed E-state index contributed by atoms with van der Waals surface area (Å²) in [5.74, 6) is -1.34. The molecule has 0 saturated carbocycles. The molecule has 1 heterocycles. The molecule has 0 spiro atoms. The van der Waals surface area contributed by atoms with Crippen LogP contribution in [0.3, 0.4) is 0 Å². The Kier molecular flexibility index (Phi) is 9.39. The normalized spacial score (nSPS) is 14.2. The van der Waals surface area contributed by atoms with E-state index in [0.29, 0.717) is 48.0 Å². The first-order chi connectivity index (χ1) is 18.9. The molecule has 1 aliphatic heterocycles. The lowest BCUT2D eigenvalue weighted by Gasteiger charge is -2.34. The number of aryl methyl sites for hydroxylation is 1. The zero-order valence-corrected chi connectivity index (χ0v) is 21.5. The standard InChI is InChI=1S/C30H32N2O7/c33-28(34)10-6-17-32-20-27(30(36)37)39-26-19-23(13-16-25(26)32)31-29(35)22-11-14-24(15-12-22)38-18-5-4-9-21-7-2-1-3-8-21/h1-3,7-8,11-16,19,27H,4-6,9-10,17-18,20H2,(H,31,35)(H,33,34)(H,36,37). The van der Waals surface area contributed by atoms with Crippen LogP contribution in [-0.2, 0) is 16.0 Å². The predicted molar refractivity (Wildman–Crippen MR) is 147 cm³/mol. The lowest BCUT2D eigenvalue weighted by atomic mass is 10.1. The molecule has 1 aliphatic rings. The second kappa shape index (κ2) is 13.3. The summed E-state index contributed by atoms with van der Waals surface area (Å²) in [4.78, 5) is 37.1. The molecule has 0 radical (unpaired) electrons. The maximum atomic E-state index is 12.8. The summed E-state index contributed by atoms with van der Waals surface area (Å²) >= 11 is 0. The number of carbonyl (C=O) groups is 3. The van der Waals surface area contributed by atoms with Crippen LogP contribution in [0.4, 0.5) is 11.4 Å². The van der Waals surface area contributed by atoms with E-state index in [-0.39, 0.29) is 18.9 Å². The van der Waals surface area contributed by atoms with Crippen LogP contribution in [0, 0.1) is 0 Å². The molecule has 4 rings (SSSR count). The van der Waals surface area contributed by atoms with Crippen molar-refractivity contribution in [2.24, 2.45) is 0 Å². The second-order valence-electron chi connectivity index (χ2n) is 9.34. The average molecular weight is 533 g/mol. The summed E-state index contributed by atoms with van der Waals surface area (Å²) in [6, 6.07) is 22.2. The Morgan fingerprint density at radius 3 is 2.44 bits per heavy atom. The summed E-state index contributed by atoms with van der Waals surface area (Å²) in [6.07, 6.45) is 2.22. The van der Waals surface area contributed by atoms with Gasteiger partial charge in [0.2, 0.25) is 6.10 Å². The molecule has 9 heteroatoms. The summed E-state index contributed by atoms with van der Waals surface area (Å²) in [5, 5.41) is 21.2. The summed E-state index contributed by atoms with van der Waals surface area (Å²) in [6.45, 7) is 1.08. The van der Waals surface area contributed by atoms with Gasteiger partial charge in [-0.25, -0.2) is 4.79 Å². The van der Waals surface area contributed by atoms with Crippen molar-refractivity contribution in [3.63, 3.8) is 0 Å². The highest BCUT2D eigenvalue weighted by atomic mass is 16.5. The predicted octanol–water partition coefficient (Wildman–Crippen LogP) is 4.86. The van der Waals surface area contributed by atoms with Crippen LogP contribution in [0.25, 0.3) is 0 Å². The highest BCUT2D eigenvalue weighted by Crippen LogP contribution is 2.36. The molecule has 204 valence electrons. The van der Waals surface area contributed by atoms with Gasteiger partial charge < -0.3 is 29.9 Å². The second-order valence-corrected chi connectivity index (χ2v) is 9.34. The number of carboxylic acids is 2. The largest absolute Gasteiger partial charge is 0.494 e. The van der Waals surface area contributed by atoms with Crippen LogP contribution in [0.1, 0.15) is 41.6 Å². The molecular formula is C30H32N2O7. The van der Waals surface area contributed by atoms with E-state index in [4.69, 9.17) is 14.6 Å². The SMILES string of the molecule is O=C(O)CCCN1CC(C(=O)O)Oc2cc(NC(=O)c3ccc(OCCCCc4ccccc4)cc3)ccc21. The molecule has 0 saturated heterocycles. The van der Waals surface area contributed by atoms with Crippen molar-refractivity contribution < 1.29 is 34.1 Å². The van der Waals surface area contributed by atoms with Gasteiger partial charge in [0.1, 0.15) is 11.5 Å². The van der Waals surface area contributed by atoms with Crippen molar-refractivity contribution in [3.8, 4) is 11.5 Å². The van der Waals surface area contributed by atoms with E-state index in [1.807, 2.05) is 18.2 Å². The molecule has 0 aliphatic carbocycles. The van der Waals surface area contributed by atoms with E-state index >= 15 is 0 Å². The summed E-state index contributed by atoms with van der Waals surface area (Å²) < 4.78 is 11.5. The third kappa shape index (κ3) is 7.98. The number of amides is 1. The number of carbonyl (C=O) groups excluding carboxylic acids is 1. The number of rotatable bonds is 13. The quantitative estimate of drug-likeness (QED) is 0.267. The number of ether oxygens (including phenoxy) is 2. The average Bonchev–Trinajstić information content (AvgIpc) is 2.93. The van der Waals surface area contributed by atoms with Crippen LogP contribution < -0.4 is 19.7 Å². The number of carboxylic acid groups (broad SMARTS) is 2. The Morgan fingerprint density at radius 2 is 1.72 bits per heavy atom. The maximum Gasteiger partial charge on any atom is 0.346 e. The number of nitrogens with zero attached hydrogens (tertiary/aromatic N) is 1. The van der Waals surface area contributed by atoms with Crippen LogP contribution in [-0.4, -0.2) is 53.9 Å². The molecule has 3 aromatic carbocycles. The smallest absolute Gasteiger partial charge is 0.346 e. The van der Waals surface area contributed by atoms with Gasteiger partial charge in [-0.15, -0.1) is 0 Å². The zero-order valence-electron chi connectivity index (χ0n) is 21.5. The van der Waals surface area contributed by atoms with Crippen molar-refractivity contribution in [3.05, 3.63) is 83.9 Å². The number of hydrogen-bond donors (Lipinski definition) is 3. The molecule has 0 fully saturated rings. The lowest BCUT2D eigenvalue weighted by molar-refractivity contribution is -0.145. The molecule has 1 unspecified atom stereocenters. The Morgan fingerprint density at radius 1 is 0.949 bits per heavy atom. The number of aliphatic carboxylic acids is 2. The van der Waals surface area contributed by atoms with Gasteiger partial charge >= 0.3 is 11.9 Å². The third-order valence-electron chi connectivity index (χ3n) is 6.40. The molecule has 9 nitrogen and oxygen atoms in total. The number of benzene rings is 3. The third-order valence-corrected chi connectivity index (χ3v) is 6.40. The first-order valence-corrected chi connectivity index (χ1v) is 13.0. The number of nitrogens with one attached hydrogen (secondary N) is 1. The summed E-state index contributed by atoms with van der Waals surface area (Å²) in [5.41, 5.74) is 2.87. The highest BCUT2D eigenvalue weighted by molar-refractivity contribution is 6.04. The van der Waals surface area contributed by atoms with Crippen LogP contribution >= 0.6 is 0 Å². The Balaban J connectivity index is 1.31. The fourth-order valence-corrected chi connectivity index (χ4v) is 4.37. The van der Waals surface area contributed by atoms with Gasteiger partial charge in [0.25, 0.3) is 5.91 Å². The molecule has 1 amide bonds. The van der Waals surface area contributed by atoms with Crippen LogP contribution in [0.2, 0.25) is 0 Å². The van der Waals surface area contributed by atoms with E-state index in [0.717, 1.165) is 19.3 Å². The number of hydrogen-bond acceptors (Lipinski definition) is 6. The van der Waals surface area contributed by atoms with E-state index in [2.05, 4.69) is 17.4 Å². The van der Waals surface area contributed by atoms with E-state index in [9.17, 15) is 19.5 Å². The van der Waals surface area contributed by atoms with Crippen molar-refractivity contribution in [1.29, 1.82) is 0 Å². The van der Waals surface area contributed by atoms with Gasteiger partial charge in [-0.3, -0.25) is 9.59 Å². The molecule has 0 aromatic heterocycles. The van der Waals surface area contributed by atoms with E-state index in [1.165, 1.54) is 5.56 Å². The van der Waals surface area contributed by atoms with Gasteiger partial charge in [0.05, 0.1) is 18.8 Å². The monoisotopic (exact) mass is 532 g/mol. The fourth-order valence-electron chi connectivity index (χ4n) is 4.37. The Bertz CT molecular complexity index is 1280. The van der Waals surface area contributed by atoms with E-state index in [1.54, 1.807) is 47.4 Å². The minimum absolute atomic E-state index is 0.0172. The Hall–Kier alpha value is -4.53. The lowest BCUT2D eigenvalue weighted by Crippen LogP contribution is -2.44. The first-order valence-electron chi connectivity index (χ1n) is 13.0. The first kappa shape index (κ1) is 27.5. The number of unbranched alkanes of at least 4 members (excludes halogenated alkanes) is 1.